The second-order valence-corrected chi connectivity index (χ2v) is 9.03. The summed E-state index contributed by atoms with van der Waals surface area (Å²) < 4.78 is 25.0. The minimum Gasteiger partial charge on any atom is -0.493 e. The number of carbonyl (C=O) groups excluding carboxylic acids is 2. The molecular weight excluding hydrogens is 473 g/mol. The molecule has 0 unspecified atom stereocenters. The maximum Gasteiger partial charge on any atom is 0.241 e. The van der Waals surface area contributed by atoms with Crippen LogP contribution in [0.5, 0.6) is 11.5 Å². The second-order valence-electron chi connectivity index (χ2n) is 9.03. The van der Waals surface area contributed by atoms with Gasteiger partial charge in [0.15, 0.2) is 22.7 Å². The van der Waals surface area contributed by atoms with Gasteiger partial charge in [0.2, 0.25) is 5.91 Å². The highest BCUT2D eigenvalue weighted by atomic mass is 19.1. The molecule has 3 aromatic rings. The van der Waals surface area contributed by atoms with Crippen LogP contribution in [0.1, 0.15) is 27.4 Å². The summed E-state index contributed by atoms with van der Waals surface area (Å²) in [6.45, 7) is 0. The number of benzene rings is 3. The largest absolute Gasteiger partial charge is 0.493 e. The number of nitrogens with zero attached hydrogens (tertiary/aromatic N) is 2. The Bertz CT molecular complexity index is 1470. The molecule has 5 rings (SSSR count). The number of ether oxygens (including phenoxy) is 2. The lowest BCUT2D eigenvalue weighted by Gasteiger charge is -2.36. The highest BCUT2D eigenvalue weighted by molar-refractivity contribution is 6.06. The molecule has 0 bridgehead atoms. The molecule has 2 aliphatic heterocycles. The maximum atomic E-state index is 14.2. The van der Waals surface area contributed by atoms with Crippen LogP contribution in [0.2, 0.25) is 0 Å². The third kappa shape index (κ3) is 3.54. The number of nitrogens with two attached hydrogens (primary N) is 1. The quantitative estimate of drug-likeness (QED) is 0.515. The first-order chi connectivity index (χ1) is 17.9. The van der Waals surface area contributed by atoms with Crippen molar-refractivity contribution >= 4 is 23.5 Å². The van der Waals surface area contributed by atoms with E-state index < -0.39 is 35.1 Å². The Hall–Kier alpha value is -4.64. The van der Waals surface area contributed by atoms with Crippen molar-refractivity contribution < 1.29 is 23.5 Å². The van der Waals surface area contributed by atoms with Crippen LogP contribution in [-0.2, 0) is 4.79 Å². The molecular formula is C29H24FN3O4. The van der Waals surface area contributed by atoms with Gasteiger partial charge in [0, 0.05) is 22.7 Å². The van der Waals surface area contributed by atoms with E-state index in [9.17, 15) is 19.2 Å². The number of anilines is 1. The van der Waals surface area contributed by atoms with Gasteiger partial charge in [0.05, 0.1) is 26.3 Å². The van der Waals surface area contributed by atoms with Crippen LogP contribution in [0.3, 0.4) is 0 Å². The number of hydrogen-bond acceptors (Lipinski definition) is 6. The molecule has 0 spiro atoms. The number of rotatable bonds is 6. The SMILES string of the molecule is COc1ccc([C@@H]2[C@H](C(=O)c3ccccc3)N3c4ccc(F)cc4C=C[C@H]3[C@]2(C#N)C(N)=O)cc1OC. The summed E-state index contributed by atoms with van der Waals surface area (Å²) in [5.74, 6) is -1.74. The molecule has 37 heavy (non-hydrogen) atoms. The van der Waals surface area contributed by atoms with E-state index in [4.69, 9.17) is 15.2 Å². The van der Waals surface area contributed by atoms with Gasteiger partial charge in [0.1, 0.15) is 11.9 Å². The first-order valence-corrected chi connectivity index (χ1v) is 11.7. The van der Waals surface area contributed by atoms with Crippen LogP contribution in [0, 0.1) is 22.6 Å². The van der Waals surface area contributed by atoms with Gasteiger partial charge in [-0.15, -0.1) is 0 Å². The standard InChI is InChI=1S/C29H24FN3O4/c1-36-22-12-8-19(15-23(22)37-2)25-26(27(34)17-6-4-3-5-7-17)33-21-11-10-20(30)14-18(21)9-13-24(33)29(25,16-31)28(32)35/h3-15,24-26H,1-2H3,(H2,32,35)/t24-,25+,26+,29-/m0/s1. The molecule has 0 aliphatic carbocycles. The number of nitriles is 1. The van der Waals surface area contributed by atoms with E-state index in [1.807, 2.05) is 0 Å². The zero-order valence-electron chi connectivity index (χ0n) is 20.2. The number of ketones is 1. The van der Waals surface area contributed by atoms with Crippen molar-refractivity contribution in [1.29, 1.82) is 5.26 Å². The average Bonchev–Trinajstić information content (AvgIpc) is 3.24. The van der Waals surface area contributed by atoms with E-state index in [2.05, 4.69) is 6.07 Å². The number of Topliss-reactive ketones (excluding diaryl/α,β-unsaturated/α-hetero) is 1. The van der Waals surface area contributed by atoms with Crippen molar-refractivity contribution in [2.24, 2.45) is 11.1 Å². The number of amides is 1. The predicted octanol–water partition coefficient (Wildman–Crippen LogP) is 4.09. The van der Waals surface area contributed by atoms with Crippen LogP contribution < -0.4 is 20.1 Å². The highest BCUT2D eigenvalue weighted by Crippen LogP contribution is 2.56. The molecule has 0 radical (unpaired) electrons. The normalized spacial score (nSPS) is 23.5. The van der Waals surface area contributed by atoms with Crippen molar-refractivity contribution in [3.63, 3.8) is 0 Å². The summed E-state index contributed by atoms with van der Waals surface area (Å²) in [5.41, 5.74) is 6.17. The summed E-state index contributed by atoms with van der Waals surface area (Å²) in [6, 6.07) is 18.2. The number of carbonyl (C=O) groups is 2. The molecule has 1 amide bonds. The monoisotopic (exact) mass is 497 g/mol. The summed E-state index contributed by atoms with van der Waals surface area (Å²) in [5, 5.41) is 10.6. The van der Waals surface area contributed by atoms with Gasteiger partial charge in [-0.25, -0.2) is 4.39 Å². The third-order valence-electron chi connectivity index (χ3n) is 7.28. The molecule has 186 valence electrons. The molecule has 0 saturated carbocycles. The zero-order valence-corrected chi connectivity index (χ0v) is 20.2. The summed E-state index contributed by atoms with van der Waals surface area (Å²) >= 11 is 0. The Labute approximate surface area is 213 Å². The van der Waals surface area contributed by atoms with E-state index in [0.717, 1.165) is 0 Å². The molecule has 0 aromatic heterocycles. The van der Waals surface area contributed by atoms with Crippen LogP contribution in [0.15, 0.2) is 72.8 Å². The van der Waals surface area contributed by atoms with E-state index >= 15 is 0 Å². The first-order valence-electron chi connectivity index (χ1n) is 11.7. The maximum absolute atomic E-state index is 14.2. The fourth-order valence-corrected chi connectivity index (χ4v) is 5.65. The van der Waals surface area contributed by atoms with Gasteiger partial charge in [-0.1, -0.05) is 48.6 Å². The van der Waals surface area contributed by atoms with Gasteiger partial charge >= 0.3 is 0 Å². The van der Waals surface area contributed by atoms with Gasteiger partial charge in [-0.05, 0) is 35.9 Å². The number of fused-ring (bicyclic) bond motifs is 3. The molecule has 3 aromatic carbocycles. The van der Waals surface area contributed by atoms with Gasteiger partial charge < -0.3 is 20.1 Å². The summed E-state index contributed by atoms with van der Waals surface area (Å²) in [6.07, 6.45) is 3.32. The Morgan fingerprint density at radius 3 is 2.41 bits per heavy atom. The minimum atomic E-state index is -1.82. The lowest BCUT2D eigenvalue weighted by atomic mass is 9.67. The number of hydrogen-bond donors (Lipinski definition) is 1. The predicted molar refractivity (Wildman–Crippen MR) is 136 cm³/mol. The topological polar surface area (TPSA) is 106 Å². The van der Waals surface area contributed by atoms with Crippen molar-refractivity contribution in [3.05, 3.63) is 95.3 Å². The minimum absolute atomic E-state index is 0.297. The molecule has 1 fully saturated rings. The van der Waals surface area contributed by atoms with Gasteiger partial charge in [-0.2, -0.15) is 5.26 Å². The zero-order chi connectivity index (χ0) is 26.3. The van der Waals surface area contributed by atoms with Crippen molar-refractivity contribution in [2.75, 3.05) is 19.1 Å². The average molecular weight is 498 g/mol. The fourth-order valence-electron chi connectivity index (χ4n) is 5.65. The Balaban J connectivity index is 1.82. The van der Waals surface area contributed by atoms with Crippen molar-refractivity contribution in [1.82, 2.24) is 0 Å². The molecule has 8 heteroatoms. The van der Waals surface area contributed by atoms with E-state index in [0.29, 0.717) is 33.9 Å². The fraction of sp³-hybridized carbons (Fsp3) is 0.207. The van der Waals surface area contributed by atoms with Crippen LogP contribution in [-0.4, -0.2) is 38.0 Å². The van der Waals surface area contributed by atoms with Gasteiger partial charge in [-0.3, -0.25) is 9.59 Å². The Morgan fingerprint density at radius 1 is 1.03 bits per heavy atom. The molecule has 2 N–H and O–H groups in total. The van der Waals surface area contributed by atoms with Crippen LogP contribution in [0.4, 0.5) is 10.1 Å². The third-order valence-corrected chi connectivity index (χ3v) is 7.28. The van der Waals surface area contributed by atoms with E-state index in [1.54, 1.807) is 71.6 Å². The Morgan fingerprint density at radius 2 is 1.76 bits per heavy atom. The van der Waals surface area contributed by atoms with Crippen LogP contribution >= 0.6 is 0 Å². The number of primary amides is 1. The van der Waals surface area contributed by atoms with Crippen molar-refractivity contribution in [3.8, 4) is 17.6 Å². The van der Waals surface area contributed by atoms with Crippen LogP contribution in [0.25, 0.3) is 6.08 Å². The summed E-state index contributed by atoms with van der Waals surface area (Å²) in [7, 11) is 2.98. The molecule has 1 saturated heterocycles. The first kappa shape index (κ1) is 24.1. The molecule has 4 atom stereocenters. The van der Waals surface area contributed by atoms with Crippen molar-refractivity contribution in [2.45, 2.75) is 18.0 Å². The number of halogens is 1. The second kappa shape index (κ2) is 9.10. The lowest BCUT2D eigenvalue weighted by molar-refractivity contribution is -0.125. The molecule has 2 aliphatic rings. The van der Waals surface area contributed by atoms with Gasteiger partial charge in [0.25, 0.3) is 0 Å². The van der Waals surface area contributed by atoms with E-state index in [-0.39, 0.29) is 5.78 Å². The van der Waals surface area contributed by atoms with E-state index in [1.165, 1.54) is 26.4 Å². The Kier molecular flexibility index (Phi) is 5.92. The number of methoxy groups -OCH3 is 2. The molecule has 7 nitrogen and oxygen atoms in total. The summed E-state index contributed by atoms with van der Waals surface area (Å²) in [4.78, 5) is 29.2. The lowest BCUT2D eigenvalue weighted by Crippen LogP contribution is -2.49. The smallest absolute Gasteiger partial charge is 0.241 e. The highest BCUT2D eigenvalue weighted by Gasteiger charge is 2.65. The molecule has 2 heterocycles.